The van der Waals surface area contributed by atoms with Crippen LogP contribution in [-0.4, -0.2) is 262 Å². The van der Waals surface area contributed by atoms with Gasteiger partial charge in [0.15, 0.2) is 116 Å². The molecule has 17 rings (SSSR count). The Labute approximate surface area is 791 Å². The minimum atomic E-state index is -4.13. The number of nitrogens with one attached hydrogen (secondary N) is 1. The molecule has 742 valence electrons. The van der Waals surface area contributed by atoms with Gasteiger partial charge in [0.2, 0.25) is 0 Å². The summed E-state index contributed by atoms with van der Waals surface area (Å²) < 4.78 is 251. The van der Waals surface area contributed by atoms with Crippen LogP contribution in [-0.2, 0) is 68.1 Å². The third-order valence-corrected chi connectivity index (χ3v) is 28.9. The predicted octanol–water partition coefficient (Wildman–Crippen LogP) is 12.3. The summed E-state index contributed by atoms with van der Waals surface area (Å²) in [7, 11) is 6.09. The van der Waals surface area contributed by atoms with E-state index in [1.165, 1.54) is 154 Å². The Kier molecular flexibility index (Phi) is 28.8. The fourth-order valence-electron chi connectivity index (χ4n) is 16.8. The second-order valence-electron chi connectivity index (χ2n) is 31.7. The van der Waals surface area contributed by atoms with Gasteiger partial charge >= 0.3 is 54.8 Å². The molecule has 0 aliphatic carbocycles. The van der Waals surface area contributed by atoms with Crippen molar-refractivity contribution in [2.75, 3.05) is 191 Å². The molecule has 139 heavy (non-hydrogen) atoms. The maximum absolute atomic E-state index is 15.4. The lowest BCUT2D eigenvalue weighted by atomic mass is 10.1. The summed E-state index contributed by atoms with van der Waals surface area (Å²) in [5.41, 5.74) is 2.58. The van der Waals surface area contributed by atoms with Crippen LogP contribution in [0.4, 0.5) is 99.8 Å². The number of aromatic nitrogens is 8. The second-order valence-corrected chi connectivity index (χ2v) is 37.7. The average Bonchev–Trinajstić information content (AvgIpc) is 1.60. The van der Waals surface area contributed by atoms with Gasteiger partial charge in [0.1, 0.15) is 34.1 Å². The van der Waals surface area contributed by atoms with Crippen molar-refractivity contribution in [1.29, 1.82) is 0 Å². The van der Waals surface area contributed by atoms with Gasteiger partial charge in [-0.05, 0) is 52.0 Å². The number of anilines is 8. The molecule has 5 aliphatic rings. The monoisotopic (exact) mass is 2000 g/mol. The molecular weight excluding hydrogens is 1910 g/mol. The first-order chi connectivity index (χ1) is 66.2. The summed E-state index contributed by atoms with van der Waals surface area (Å²) in [4.78, 5) is 97.5. The molecule has 1 fully saturated rings. The van der Waals surface area contributed by atoms with E-state index in [0.717, 1.165) is 70.1 Å². The van der Waals surface area contributed by atoms with Crippen LogP contribution in [0.2, 0.25) is 0 Å². The maximum Gasteiger partial charge on any atom is 0.329 e. The van der Waals surface area contributed by atoms with Gasteiger partial charge in [0.05, 0.1) is 125 Å². The summed E-state index contributed by atoms with van der Waals surface area (Å²) in [5, 5.41) is 1.85. The Hall–Kier alpha value is -14.1. The Morgan fingerprint density at radius 2 is 0.691 bits per heavy atom. The van der Waals surface area contributed by atoms with E-state index in [1.807, 2.05) is 6.07 Å². The number of carbonyl (C=O) groups is 5. The lowest BCUT2D eigenvalue weighted by Gasteiger charge is -2.37. The second kappa shape index (κ2) is 39.8. The number of methoxy groups -OCH3 is 8. The molecule has 0 saturated carbocycles. The van der Waals surface area contributed by atoms with Crippen molar-refractivity contribution >= 4 is 151 Å². The standard InChI is InChI=1S/C26H32F2N6O6S.C22H23F2N5O6S.C21H23F2N5O5S.C19H18F2N4O3/c1-6-32-23-16(14-33(26(32)35)24-21(27)19(38-4)12-20(39-5)22(24)28)13-29-25-18(23)11-17(15-31-7-9-40-10-8-31)34(25)41(36,37)30(2)3;1-6-27-19-12(9-25-21-14(19)7-13(11-30)29(21)36(32,33)26(2)3)10-28(22(27)31)20-17(23)15(34-4)8-16(35-5)18(20)24;1-6-26-18-12(10-24-20-13(18)7-8-28(20)34(30,31)25(2)3)11-27(21(26)29)19-16(22)14(32-4)9-15(33-5)17(19)23;1-4-24-16-10(8-23-18-11(16)5-6-22-18)9-25(19(24)26)17-14(20)12(27-2)7-13(28-3)15(17)21/h11-13H,6-10,14-15H2,1-5H3;7-9,11H,6,10H2,1-5H3;7-10H,6,11H2,1-5H3;5-8H,4,9H2,1-3H3,(H,22,23). The number of ether oxygens (including phenoxy) is 9. The maximum atomic E-state index is 15.4. The smallest absolute Gasteiger partial charge is 0.329 e. The fraction of sp³-hybridized carbons (Fsp3) is 0.352. The molecule has 0 radical (unpaired) electrons. The summed E-state index contributed by atoms with van der Waals surface area (Å²) in [5.74, 6) is -10.5. The highest BCUT2D eigenvalue weighted by atomic mass is 32.2. The van der Waals surface area contributed by atoms with Crippen LogP contribution in [0, 0.1) is 46.5 Å². The van der Waals surface area contributed by atoms with Gasteiger partial charge in [-0.25, -0.2) is 86.2 Å². The number of hydrogen-bond donors (Lipinski definition) is 1. The van der Waals surface area contributed by atoms with E-state index >= 15 is 26.3 Å². The summed E-state index contributed by atoms with van der Waals surface area (Å²) in [6, 6.07) is 7.97. The quantitative estimate of drug-likeness (QED) is 0.0410. The molecule has 1 saturated heterocycles. The van der Waals surface area contributed by atoms with Gasteiger partial charge < -0.3 is 47.6 Å². The normalized spacial score (nSPS) is 14.7. The fourth-order valence-corrected chi connectivity index (χ4v) is 19.9. The molecule has 0 bridgehead atoms. The van der Waals surface area contributed by atoms with Crippen LogP contribution in [0.1, 0.15) is 66.1 Å². The number of rotatable bonds is 25. The number of pyridine rings is 4. The van der Waals surface area contributed by atoms with Gasteiger partial charge in [0.25, 0.3) is 0 Å². The SMILES string of the molecule is CCN1C(=O)N(c2c(F)c(OC)cc(OC)c2F)Cc2cnc3[nH]ccc3c21.CCN1C(=O)N(c2c(F)c(OC)cc(OC)c2F)Cc2cnc3c(cc(C=O)n3S(=O)(=O)N(C)C)c21.CCN1C(=O)N(c2c(F)c(OC)cc(OC)c2F)Cc2cnc3c(cc(CN4CCOCC4)n3S(=O)(=O)N(C)C)c21.CCN1C(=O)N(c2c(F)c(OC)cc(OC)c2F)Cc2cnc3c(ccn3S(=O)(=O)N(C)C)c21. The van der Waals surface area contributed by atoms with E-state index in [0.29, 0.717) is 107 Å². The topological polar surface area (TPSA) is 392 Å². The first-order valence-electron chi connectivity index (χ1n) is 42.5. The molecule has 51 heteroatoms. The zero-order valence-corrected chi connectivity index (χ0v) is 80.7. The summed E-state index contributed by atoms with van der Waals surface area (Å²) in [6.45, 7) is 9.40. The molecule has 0 atom stereocenters. The number of aromatic amines is 1. The van der Waals surface area contributed by atoms with Crippen LogP contribution in [0.15, 0.2) is 85.7 Å². The van der Waals surface area contributed by atoms with Gasteiger partial charge in [-0.3, -0.25) is 48.9 Å². The molecule has 8 aromatic heterocycles. The minimum Gasteiger partial charge on any atom is -0.493 e. The number of H-pyrrole nitrogens is 1. The Morgan fingerprint density at radius 3 is 1.01 bits per heavy atom. The van der Waals surface area contributed by atoms with Crippen molar-refractivity contribution in [3.8, 4) is 46.0 Å². The van der Waals surface area contributed by atoms with Gasteiger partial charge in [-0.2, -0.15) is 38.2 Å². The molecule has 0 unspecified atom stereocenters. The zero-order valence-electron chi connectivity index (χ0n) is 78.3. The molecule has 5 aliphatic heterocycles. The molecule has 0 spiro atoms. The first-order valence-corrected chi connectivity index (χ1v) is 46.7. The van der Waals surface area contributed by atoms with Crippen LogP contribution >= 0.6 is 0 Å². The third-order valence-electron chi connectivity index (χ3n) is 23.6. The number of amides is 8. The molecule has 1 N–H and O–H groups in total. The van der Waals surface area contributed by atoms with Crippen molar-refractivity contribution < 1.29 is 127 Å². The number of benzene rings is 4. The molecule has 13 heterocycles. The average molecular weight is 2000 g/mol. The Balaban J connectivity index is 0.000000149. The number of hydrogen-bond acceptors (Lipinski definition) is 25. The van der Waals surface area contributed by atoms with E-state index in [-0.39, 0.29) is 126 Å². The van der Waals surface area contributed by atoms with Crippen molar-refractivity contribution in [3.05, 3.63) is 166 Å². The van der Waals surface area contributed by atoms with Crippen LogP contribution < -0.4 is 77.1 Å². The first kappa shape index (κ1) is 101. The van der Waals surface area contributed by atoms with Crippen LogP contribution in [0.25, 0.3) is 44.1 Å². The number of urea groups is 4. The molecule has 4 aromatic carbocycles. The molecule has 8 amide bonds. The number of fused-ring (bicyclic) bond motifs is 12. The summed E-state index contributed by atoms with van der Waals surface area (Å²) >= 11 is 0. The number of nitrogens with zero attached hydrogens (tertiary/aromatic N) is 19. The van der Waals surface area contributed by atoms with E-state index in [4.69, 9.17) is 42.6 Å². The van der Waals surface area contributed by atoms with Gasteiger partial charge in [0, 0.05) is 193 Å². The number of aldehydes is 1. The van der Waals surface area contributed by atoms with Gasteiger partial charge in [-0.1, -0.05) is 0 Å². The summed E-state index contributed by atoms with van der Waals surface area (Å²) in [6.07, 6.45) is 9.20. The van der Waals surface area contributed by atoms with Crippen molar-refractivity contribution in [2.45, 2.75) is 60.4 Å². The van der Waals surface area contributed by atoms with Crippen molar-refractivity contribution in [2.24, 2.45) is 0 Å². The highest BCUT2D eigenvalue weighted by molar-refractivity contribution is 7.88. The van der Waals surface area contributed by atoms with E-state index in [1.54, 1.807) is 52.2 Å². The van der Waals surface area contributed by atoms with Crippen LogP contribution in [0.3, 0.4) is 0 Å². The predicted molar refractivity (Wildman–Crippen MR) is 497 cm³/mol. The van der Waals surface area contributed by atoms with Crippen LogP contribution in [0.5, 0.6) is 46.0 Å². The molecule has 40 nitrogen and oxygen atoms in total. The van der Waals surface area contributed by atoms with Gasteiger partial charge in [-0.15, -0.1) is 0 Å². The third kappa shape index (κ3) is 17.2. The minimum absolute atomic E-state index is 0.0387. The van der Waals surface area contributed by atoms with Crippen molar-refractivity contribution in [3.63, 3.8) is 0 Å². The number of halogens is 8. The zero-order chi connectivity index (χ0) is 101. The van der Waals surface area contributed by atoms with Crippen molar-refractivity contribution in [1.82, 2.24) is 54.7 Å². The lowest BCUT2D eigenvalue weighted by Crippen LogP contribution is -2.48. The number of morpholine rings is 1. The Bertz CT molecular complexity index is 7180. The molecular formula is C88H96F8N20O20S3. The molecule has 12 aromatic rings. The van der Waals surface area contributed by atoms with E-state index in [9.17, 15) is 58.0 Å². The lowest BCUT2D eigenvalue weighted by molar-refractivity contribution is 0.0336. The number of carbonyl (C=O) groups excluding carboxylic acids is 5. The van der Waals surface area contributed by atoms with E-state index in [2.05, 4.69) is 29.8 Å². The largest absolute Gasteiger partial charge is 0.493 e. The highest BCUT2D eigenvalue weighted by Gasteiger charge is 2.45. The highest BCUT2D eigenvalue weighted by Crippen LogP contribution is 2.50. The Morgan fingerprint density at radius 1 is 0.388 bits per heavy atom. The van der Waals surface area contributed by atoms with E-state index < -0.39 is 124 Å².